The van der Waals surface area contributed by atoms with Gasteiger partial charge in [0.15, 0.2) is 0 Å². The molecule has 0 radical (unpaired) electrons. The van der Waals surface area contributed by atoms with Gasteiger partial charge >= 0.3 is 0 Å². The van der Waals surface area contributed by atoms with Gasteiger partial charge in [-0.05, 0) is 98.8 Å². The van der Waals surface area contributed by atoms with Crippen LogP contribution in [0.4, 0.5) is 0 Å². The van der Waals surface area contributed by atoms with Crippen molar-refractivity contribution < 1.29 is 4.74 Å². The molecule has 2 aromatic rings. The Morgan fingerprint density at radius 3 is 2.34 bits per heavy atom. The highest BCUT2D eigenvalue weighted by Crippen LogP contribution is 2.48. The number of rotatable bonds is 3. The second kappa shape index (κ2) is 8.25. The molecule has 5 rings (SSSR count). The van der Waals surface area contributed by atoms with Crippen LogP contribution in [0.3, 0.4) is 0 Å². The first kappa shape index (κ1) is 18.8. The Morgan fingerprint density at radius 1 is 0.862 bits per heavy atom. The van der Waals surface area contributed by atoms with E-state index in [4.69, 9.17) is 4.74 Å². The largest absolute Gasteiger partial charge is 0.496 e. The molecule has 2 bridgehead atoms. The predicted octanol–water partition coefficient (Wildman–Crippen LogP) is 5.46. The third-order valence-corrected chi connectivity index (χ3v) is 7.49. The molecule has 1 heterocycles. The molecule has 1 aliphatic heterocycles. The lowest BCUT2D eigenvalue weighted by molar-refractivity contribution is 0.110. The van der Waals surface area contributed by atoms with Crippen molar-refractivity contribution in [2.45, 2.75) is 50.5 Å². The molecule has 2 aromatic carbocycles. The van der Waals surface area contributed by atoms with Crippen molar-refractivity contribution in [2.75, 3.05) is 20.2 Å². The Bertz CT molecular complexity index is 901. The van der Waals surface area contributed by atoms with Crippen LogP contribution >= 0.6 is 0 Å². The third kappa shape index (κ3) is 3.94. The van der Waals surface area contributed by atoms with Gasteiger partial charge in [-0.25, -0.2) is 0 Å². The molecule has 2 heteroatoms. The first-order valence-electron chi connectivity index (χ1n) is 11.3. The SMILES string of the molecule is COc1ccc(C#Cc2ccccc2)cc1C1CCN(C2CC3CCC2C3)CC1. The van der Waals surface area contributed by atoms with Gasteiger partial charge in [0.1, 0.15) is 5.75 Å². The summed E-state index contributed by atoms with van der Waals surface area (Å²) in [6, 6.07) is 17.5. The number of benzene rings is 2. The van der Waals surface area contributed by atoms with Gasteiger partial charge in [-0.2, -0.15) is 0 Å². The van der Waals surface area contributed by atoms with Crippen LogP contribution in [0.2, 0.25) is 0 Å². The average Bonchev–Trinajstić information content (AvgIpc) is 3.42. The second-order valence-electron chi connectivity index (χ2n) is 9.13. The van der Waals surface area contributed by atoms with E-state index in [9.17, 15) is 0 Å². The van der Waals surface area contributed by atoms with Gasteiger partial charge < -0.3 is 9.64 Å². The molecule has 3 aliphatic rings. The molecule has 0 amide bonds. The molecule has 0 N–H and O–H groups in total. The highest BCUT2D eigenvalue weighted by molar-refractivity contribution is 5.48. The predicted molar refractivity (Wildman–Crippen MR) is 118 cm³/mol. The zero-order chi connectivity index (χ0) is 19.6. The van der Waals surface area contributed by atoms with Crippen LogP contribution in [-0.4, -0.2) is 31.1 Å². The normalized spacial score (nSPS) is 26.9. The second-order valence-corrected chi connectivity index (χ2v) is 9.13. The van der Waals surface area contributed by atoms with Crippen LogP contribution in [0.25, 0.3) is 0 Å². The van der Waals surface area contributed by atoms with Crippen molar-refractivity contribution in [2.24, 2.45) is 11.8 Å². The summed E-state index contributed by atoms with van der Waals surface area (Å²) in [5, 5.41) is 0. The summed E-state index contributed by atoms with van der Waals surface area (Å²) in [6.45, 7) is 2.48. The van der Waals surface area contributed by atoms with Gasteiger partial charge in [-0.3, -0.25) is 0 Å². The number of hydrogen-bond acceptors (Lipinski definition) is 2. The molecule has 29 heavy (non-hydrogen) atoms. The lowest BCUT2D eigenvalue weighted by Crippen LogP contribution is -2.43. The highest BCUT2D eigenvalue weighted by Gasteiger charge is 2.43. The Hall–Kier alpha value is -2.24. The topological polar surface area (TPSA) is 12.5 Å². The first-order valence-corrected chi connectivity index (χ1v) is 11.3. The quantitative estimate of drug-likeness (QED) is 0.650. The molecule has 1 saturated heterocycles. The monoisotopic (exact) mass is 385 g/mol. The summed E-state index contributed by atoms with van der Waals surface area (Å²) in [7, 11) is 1.79. The van der Waals surface area contributed by atoms with E-state index in [-0.39, 0.29) is 0 Å². The maximum absolute atomic E-state index is 5.72. The summed E-state index contributed by atoms with van der Waals surface area (Å²) in [4.78, 5) is 2.81. The van der Waals surface area contributed by atoms with Gasteiger partial charge in [0.05, 0.1) is 7.11 Å². The molecule has 0 aromatic heterocycles. The Kier molecular flexibility index (Phi) is 5.34. The molecule has 3 fully saturated rings. The van der Waals surface area contributed by atoms with Gasteiger partial charge in [0.25, 0.3) is 0 Å². The van der Waals surface area contributed by atoms with E-state index in [1.165, 1.54) is 57.2 Å². The van der Waals surface area contributed by atoms with E-state index in [2.05, 4.69) is 47.1 Å². The van der Waals surface area contributed by atoms with Crippen molar-refractivity contribution in [1.82, 2.24) is 4.90 Å². The first-order chi connectivity index (χ1) is 14.3. The van der Waals surface area contributed by atoms with Gasteiger partial charge in [0, 0.05) is 17.2 Å². The fourth-order valence-electron chi connectivity index (χ4n) is 6.00. The van der Waals surface area contributed by atoms with Crippen molar-refractivity contribution in [1.29, 1.82) is 0 Å². The minimum atomic E-state index is 0.582. The molecule has 150 valence electrons. The smallest absolute Gasteiger partial charge is 0.122 e. The summed E-state index contributed by atoms with van der Waals surface area (Å²) >= 11 is 0. The highest BCUT2D eigenvalue weighted by atomic mass is 16.5. The molecule has 2 aliphatic carbocycles. The fraction of sp³-hybridized carbons (Fsp3) is 0.481. The van der Waals surface area contributed by atoms with Crippen LogP contribution in [0.1, 0.15) is 61.1 Å². The van der Waals surface area contributed by atoms with Crippen molar-refractivity contribution in [3.8, 4) is 17.6 Å². The Balaban J connectivity index is 1.29. The maximum atomic E-state index is 5.72. The molecule has 0 spiro atoms. The zero-order valence-corrected chi connectivity index (χ0v) is 17.4. The zero-order valence-electron chi connectivity index (χ0n) is 17.4. The van der Waals surface area contributed by atoms with Gasteiger partial charge in [-0.15, -0.1) is 0 Å². The van der Waals surface area contributed by atoms with Crippen molar-refractivity contribution in [3.63, 3.8) is 0 Å². The molecule has 3 unspecified atom stereocenters. The number of likely N-dealkylation sites (tertiary alicyclic amines) is 1. The van der Waals surface area contributed by atoms with Crippen molar-refractivity contribution >= 4 is 0 Å². The summed E-state index contributed by atoms with van der Waals surface area (Å²) in [5.41, 5.74) is 3.49. The Labute approximate surface area is 175 Å². The van der Waals surface area contributed by atoms with Crippen LogP contribution < -0.4 is 4.74 Å². The maximum Gasteiger partial charge on any atom is 0.122 e. The van der Waals surface area contributed by atoms with E-state index < -0.39 is 0 Å². The summed E-state index contributed by atoms with van der Waals surface area (Å²) in [5.74, 6) is 10.3. The average molecular weight is 386 g/mol. The number of nitrogens with zero attached hydrogens (tertiary/aromatic N) is 1. The number of fused-ring (bicyclic) bond motifs is 2. The lowest BCUT2D eigenvalue weighted by atomic mass is 9.85. The fourth-order valence-corrected chi connectivity index (χ4v) is 6.00. The molecule has 3 atom stereocenters. The summed E-state index contributed by atoms with van der Waals surface area (Å²) in [6.07, 6.45) is 8.40. The van der Waals surface area contributed by atoms with Crippen LogP contribution in [0.15, 0.2) is 48.5 Å². The van der Waals surface area contributed by atoms with Crippen molar-refractivity contribution in [3.05, 3.63) is 65.2 Å². The van der Waals surface area contributed by atoms with Crippen LogP contribution in [-0.2, 0) is 0 Å². The molecular formula is C27H31NO. The van der Waals surface area contributed by atoms with Gasteiger partial charge in [0.2, 0.25) is 0 Å². The van der Waals surface area contributed by atoms with E-state index in [0.717, 1.165) is 34.8 Å². The number of piperidine rings is 1. The molecule has 2 nitrogen and oxygen atoms in total. The van der Waals surface area contributed by atoms with E-state index in [1.54, 1.807) is 7.11 Å². The minimum Gasteiger partial charge on any atom is -0.496 e. The van der Waals surface area contributed by atoms with Crippen LogP contribution in [0, 0.1) is 23.7 Å². The van der Waals surface area contributed by atoms with E-state index >= 15 is 0 Å². The van der Waals surface area contributed by atoms with Crippen LogP contribution in [0.5, 0.6) is 5.75 Å². The lowest BCUT2D eigenvalue weighted by Gasteiger charge is -2.40. The standard InChI is InChI=1S/C27H31NO/c1-29-27-12-10-21(8-7-20-5-3-2-4-6-20)18-25(27)23-13-15-28(16-14-23)26-19-22-9-11-24(26)17-22/h2-6,10,12,18,22-24,26H,9,11,13-17,19H2,1H3. The van der Waals surface area contributed by atoms with Gasteiger partial charge in [-0.1, -0.05) is 36.5 Å². The number of ether oxygens (including phenoxy) is 1. The number of hydrogen-bond donors (Lipinski definition) is 0. The minimum absolute atomic E-state index is 0.582. The third-order valence-electron chi connectivity index (χ3n) is 7.49. The van der Waals surface area contributed by atoms with E-state index in [0.29, 0.717) is 5.92 Å². The summed E-state index contributed by atoms with van der Waals surface area (Å²) < 4.78 is 5.72. The Morgan fingerprint density at radius 2 is 1.66 bits per heavy atom. The molecular weight excluding hydrogens is 354 g/mol. The number of methoxy groups -OCH3 is 1. The van der Waals surface area contributed by atoms with E-state index in [1.807, 2.05) is 18.2 Å². The molecule has 2 saturated carbocycles.